The number of allylic oxidation sites excluding steroid dienone is 3. The number of rotatable bonds is 5. The molecule has 4 fully saturated rings. The molecule has 0 aromatic rings. The number of ether oxygens (including phenoxy) is 1. The van der Waals surface area contributed by atoms with Crippen LogP contribution in [0.4, 0.5) is 0 Å². The number of nitrogens with zero attached hydrogens (tertiary/aromatic N) is 1. The maximum Gasteiger partial charge on any atom is 0.0811 e. The predicted molar refractivity (Wildman–Crippen MR) is 130 cm³/mol. The molecule has 4 heteroatoms. The lowest BCUT2D eigenvalue weighted by Gasteiger charge is -2.44. The molecule has 2 N–H and O–H groups in total. The Morgan fingerprint density at radius 2 is 2.09 bits per heavy atom. The van der Waals surface area contributed by atoms with Crippen molar-refractivity contribution >= 4 is 0 Å². The Hall–Kier alpha value is -0.940. The molecule has 1 saturated heterocycles. The van der Waals surface area contributed by atoms with Crippen LogP contribution in [0.5, 0.6) is 0 Å². The summed E-state index contributed by atoms with van der Waals surface area (Å²) in [7, 11) is 0. The summed E-state index contributed by atoms with van der Waals surface area (Å²) in [6, 6.07) is 0. The van der Waals surface area contributed by atoms with E-state index < -0.39 is 12.2 Å². The van der Waals surface area contributed by atoms with Gasteiger partial charge in [-0.2, -0.15) is 0 Å². The minimum absolute atomic E-state index is 0.370. The third kappa shape index (κ3) is 5.09. The first kappa shape index (κ1) is 24.2. The summed E-state index contributed by atoms with van der Waals surface area (Å²) in [5.74, 6) is 2.23. The van der Waals surface area contributed by atoms with Gasteiger partial charge >= 0.3 is 0 Å². The molecule has 1 heterocycles. The Kier molecular flexibility index (Phi) is 7.66. The van der Waals surface area contributed by atoms with Gasteiger partial charge < -0.3 is 14.9 Å². The van der Waals surface area contributed by atoms with E-state index in [-0.39, 0.29) is 0 Å². The largest absolute Gasteiger partial charge is 0.393 e. The van der Waals surface area contributed by atoms with Crippen molar-refractivity contribution < 1.29 is 14.9 Å². The van der Waals surface area contributed by atoms with Crippen LogP contribution in [0.1, 0.15) is 72.1 Å². The molecular formula is C28H45NO3. The zero-order valence-electron chi connectivity index (χ0n) is 20.6. The lowest BCUT2D eigenvalue weighted by molar-refractivity contribution is -0.0216. The minimum atomic E-state index is -0.605. The average Bonchev–Trinajstić information content (AvgIpc) is 3.11. The van der Waals surface area contributed by atoms with Crippen molar-refractivity contribution in [3.63, 3.8) is 0 Å². The van der Waals surface area contributed by atoms with E-state index in [4.69, 9.17) is 4.74 Å². The van der Waals surface area contributed by atoms with Crippen molar-refractivity contribution in [2.45, 2.75) is 90.4 Å². The second-order valence-electron chi connectivity index (χ2n) is 11.4. The number of fused-ring (bicyclic) bond motifs is 1. The number of morpholine rings is 1. The Balaban J connectivity index is 1.41. The molecule has 1 aliphatic heterocycles. The molecule has 32 heavy (non-hydrogen) atoms. The Morgan fingerprint density at radius 1 is 1.28 bits per heavy atom. The summed E-state index contributed by atoms with van der Waals surface area (Å²) in [5, 5.41) is 20.2. The molecule has 0 spiro atoms. The molecule has 180 valence electrons. The third-order valence-electron chi connectivity index (χ3n) is 9.21. The van der Waals surface area contributed by atoms with Crippen molar-refractivity contribution in [2.24, 2.45) is 23.2 Å². The fourth-order valence-corrected chi connectivity index (χ4v) is 7.36. The molecule has 4 aliphatic rings. The van der Waals surface area contributed by atoms with Gasteiger partial charge in [0.15, 0.2) is 0 Å². The van der Waals surface area contributed by atoms with Gasteiger partial charge in [-0.05, 0) is 92.7 Å². The molecule has 0 radical (unpaired) electrons. The monoisotopic (exact) mass is 443 g/mol. The number of aliphatic hydroxyl groups is 2. The van der Waals surface area contributed by atoms with Crippen molar-refractivity contribution in [2.75, 3.05) is 26.2 Å². The second-order valence-corrected chi connectivity index (χ2v) is 11.4. The Labute approximate surface area is 195 Å². The van der Waals surface area contributed by atoms with Crippen LogP contribution in [-0.4, -0.2) is 59.7 Å². The predicted octanol–water partition coefficient (Wildman–Crippen LogP) is 4.87. The van der Waals surface area contributed by atoms with E-state index in [0.717, 1.165) is 42.7 Å². The molecule has 3 aliphatic carbocycles. The van der Waals surface area contributed by atoms with Gasteiger partial charge in [0.05, 0.1) is 24.9 Å². The van der Waals surface area contributed by atoms with Crippen LogP contribution in [-0.2, 0) is 4.74 Å². The van der Waals surface area contributed by atoms with Gasteiger partial charge in [-0.25, -0.2) is 0 Å². The lowest BCUT2D eigenvalue weighted by atomic mass is 9.61. The molecule has 4 rings (SSSR count). The van der Waals surface area contributed by atoms with Crippen molar-refractivity contribution in [3.05, 3.63) is 35.5 Å². The maximum atomic E-state index is 10.2. The summed E-state index contributed by atoms with van der Waals surface area (Å²) < 4.78 is 5.71. The van der Waals surface area contributed by atoms with Crippen molar-refractivity contribution in [3.8, 4) is 0 Å². The normalized spacial score (nSPS) is 42.4. The third-order valence-corrected chi connectivity index (χ3v) is 9.21. The minimum Gasteiger partial charge on any atom is -0.393 e. The quantitative estimate of drug-likeness (QED) is 0.636. The van der Waals surface area contributed by atoms with Crippen LogP contribution in [0.3, 0.4) is 0 Å². The zero-order valence-corrected chi connectivity index (χ0v) is 20.6. The Bertz CT molecular complexity index is 743. The fourth-order valence-electron chi connectivity index (χ4n) is 7.36. The first-order valence-electron chi connectivity index (χ1n) is 13.1. The standard InChI is InChI=1S/C28H45NO3/c1-19(11-13-29-14-15-32-20(2)18-29)25-9-10-26-22(6-5-12-28(25,26)4)7-8-23-16-24(30)17-27(31)21(23)3/h7-8,19-20,24-27,30-31H,3,5-6,9-18H2,1-2,4H3/b22-7+,23-8-/t19?,20-,24-,25-,26+,27-,28-/m1/s1. The number of aliphatic hydroxyl groups excluding tert-OH is 2. The highest BCUT2D eigenvalue weighted by Crippen LogP contribution is 2.59. The molecule has 0 aromatic heterocycles. The van der Waals surface area contributed by atoms with Gasteiger partial charge in [-0.1, -0.05) is 38.2 Å². The molecule has 3 saturated carbocycles. The van der Waals surface area contributed by atoms with E-state index in [0.29, 0.717) is 30.3 Å². The highest BCUT2D eigenvalue weighted by Gasteiger charge is 2.50. The summed E-state index contributed by atoms with van der Waals surface area (Å²) in [4.78, 5) is 2.59. The molecule has 4 nitrogen and oxygen atoms in total. The molecule has 0 bridgehead atoms. The van der Waals surface area contributed by atoms with E-state index in [1.54, 1.807) is 5.57 Å². The highest BCUT2D eigenvalue weighted by molar-refractivity contribution is 5.38. The van der Waals surface area contributed by atoms with Gasteiger partial charge in [0, 0.05) is 19.5 Å². The van der Waals surface area contributed by atoms with Gasteiger partial charge in [-0.3, -0.25) is 4.90 Å². The number of hydrogen-bond acceptors (Lipinski definition) is 4. The van der Waals surface area contributed by atoms with Crippen LogP contribution in [0.2, 0.25) is 0 Å². The van der Waals surface area contributed by atoms with Gasteiger partial charge in [0.25, 0.3) is 0 Å². The van der Waals surface area contributed by atoms with Crippen LogP contribution in [0.15, 0.2) is 35.5 Å². The van der Waals surface area contributed by atoms with Crippen molar-refractivity contribution in [1.82, 2.24) is 4.90 Å². The molecule has 7 atom stereocenters. The van der Waals surface area contributed by atoms with Gasteiger partial charge in [0.1, 0.15) is 0 Å². The topological polar surface area (TPSA) is 52.9 Å². The SMILES string of the molecule is C=C1/C(=C\C=C2/CCC[C@]3(C)[C@@H](C(C)CCN4CCO[C@H](C)C4)CC[C@@H]23)C[C@@H](O)C[C@H]1O. The summed E-state index contributed by atoms with van der Waals surface area (Å²) in [6.45, 7) is 15.6. The zero-order chi connectivity index (χ0) is 22.9. The van der Waals surface area contributed by atoms with E-state index in [9.17, 15) is 10.2 Å². The van der Waals surface area contributed by atoms with E-state index in [1.807, 2.05) is 0 Å². The van der Waals surface area contributed by atoms with E-state index in [1.165, 1.54) is 45.1 Å². The fraction of sp³-hybridized carbons (Fsp3) is 0.786. The second kappa shape index (κ2) is 10.1. The van der Waals surface area contributed by atoms with Crippen LogP contribution >= 0.6 is 0 Å². The Morgan fingerprint density at radius 3 is 2.88 bits per heavy atom. The van der Waals surface area contributed by atoms with Crippen molar-refractivity contribution in [1.29, 1.82) is 0 Å². The van der Waals surface area contributed by atoms with Crippen LogP contribution < -0.4 is 0 Å². The highest BCUT2D eigenvalue weighted by atomic mass is 16.5. The first-order valence-corrected chi connectivity index (χ1v) is 13.1. The first-order chi connectivity index (χ1) is 15.3. The summed E-state index contributed by atoms with van der Waals surface area (Å²) in [5.41, 5.74) is 3.81. The molecule has 1 unspecified atom stereocenters. The van der Waals surface area contributed by atoms with E-state index in [2.05, 4.69) is 44.4 Å². The summed E-state index contributed by atoms with van der Waals surface area (Å²) in [6.07, 6.45) is 12.6. The van der Waals surface area contributed by atoms with Gasteiger partial charge in [0.2, 0.25) is 0 Å². The smallest absolute Gasteiger partial charge is 0.0811 e. The lowest BCUT2D eigenvalue weighted by Crippen LogP contribution is -2.42. The van der Waals surface area contributed by atoms with Crippen LogP contribution in [0.25, 0.3) is 0 Å². The van der Waals surface area contributed by atoms with E-state index >= 15 is 0 Å². The summed E-state index contributed by atoms with van der Waals surface area (Å²) >= 11 is 0. The molecule has 0 amide bonds. The van der Waals surface area contributed by atoms with Gasteiger partial charge in [-0.15, -0.1) is 0 Å². The maximum absolute atomic E-state index is 10.2. The molecule has 0 aromatic carbocycles. The van der Waals surface area contributed by atoms with Crippen LogP contribution in [0, 0.1) is 23.2 Å². The average molecular weight is 444 g/mol. The molecular weight excluding hydrogens is 398 g/mol. The number of hydrogen-bond donors (Lipinski definition) is 2.